The average Bonchev–Trinajstić information content (AvgIpc) is 3.25. The molecular formula is C19H27N3OS2. The number of fused-ring (bicyclic) bond motifs is 1. The molecule has 2 aromatic rings. The van der Waals surface area contributed by atoms with E-state index in [1.54, 1.807) is 0 Å². The van der Waals surface area contributed by atoms with Gasteiger partial charge in [-0.15, -0.1) is 0 Å². The third kappa shape index (κ3) is 5.17. The number of carbonyl (C=O) groups is 1. The normalized spacial score (nSPS) is 18.8. The summed E-state index contributed by atoms with van der Waals surface area (Å²) in [6, 6.07) is 7.92. The van der Waals surface area contributed by atoms with Crippen LogP contribution in [0, 0.1) is 5.92 Å². The van der Waals surface area contributed by atoms with Crippen LogP contribution in [0.4, 0.5) is 0 Å². The molecule has 6 heteroatoms. The smallest absolute Gasteiger partial charge is 0.220 e. The van der Waals surface area contributed by atoms with Crippen molar-refractivity contribution in [2.75, 3.05) is 5.75 Å². The van der Waals surface area contributed by atoms with Crippen LogP contribution in [0.5, 0.6) is 0 Å². The first-order valence-electron chi connectivity index (χ1n) is 9.16. The number of carbonyl (C=O) groups excluding carboxylic acids is 1. The van der Waals surface area contributed by atoms with Gasteiger partial charge in [-0.25, -0.2) is 4.98 Å². The Bertz CT molecular complexity index is 662. The molecule has 0 bridgehead atoms. The van der Waals surface area contributed by atoms with Crippen molar-refractivity contribution in [3.63, 3.8) is 0 Å². The van der Waals surface area contributed by atoms with Crippen molar-refractivity contribution in [1.29, 1.82) is 0 Å². The molecule has 1 aromatic heterocycles. The molecule has 0 saturated carbocycles. The Labute approximate surface area is 157 Å². The third-order valence-corrected chi connectivity index (χ3v) is 7.60. The lowest BCUT2D eigenvalue weighted by Gasteiger charge is -2.20. The third-order valence-electron chi connectivity index (χ3n) is 4.59. The Balaban J connectivity index is 1.51. The summed E-state index contributed by atoms with van der Waals surface area (Å²) in [6.45, 7) is 4.24. The van der Waals surface area contributed by atoms with Gasteiger partial charge in [-0.05, 0) is 37.3 Å². The molecule has 1 amide bonds. The molecule has 2 atom stereocenters. The van der Waals surface area contributed by atoms with Gasteiger partial charge in [-0.3, -0.25) is 4.79 Å². The lowest BCUT2D eigenvalue weighted by Crippen LogP contribution is -2.32. The maximum absolute atomic E-state index is 12.4. The summed E-state index contributed by atoms with van der Waals surface area (Å²) in [5.74, 6) is 2.55. The van der Waals surface area contributed by atoms with Gasteiger partial charge >= 0.3 is 0 Å². The van der Waals surface area contributed by atoms with Crippen LogP contribution >= 0.6 is 21.6 Å². The molecule has 1 saturated heterocycles. The minimum atomic E-state index is -0.0679. The van der Waals surface area contributed by atoms with Crippen LogP contribution in [-0.4, -0.2) is 26.9 Å². The van der Waals surface area contributed by atoms with Gasteiger partial charge in [0.15, 0.2) is 0 Å². The van der Waals surface area contributed by atoms with Crippen molar-refractivity contribution in [3.8, 4) is 0 Å². The summed E-state index contributed by atoms with van der Waals surface area (Å²) in [4.78, 5) is 20.4. The number of aromatic nitrogens is 2. The van der Waals surface area contributed by atoms with Crippen LogP contribution < -0.4 is 5.32 Å². The Hall–Kier alpha value is -1.14. The molecule has 0 spiro atoms. The predicted octanol–water partition coefficient (Wildman–Crippen LogP) is 5.09. The summed E-state index contributed by atoms with van der Waals surface area (Å²) < 4.78 is 0. The fraction of sp³-hybridized carbons (Fsp3) is 0.579. The number of amides is 1. The summed E-state index contributed by atoms with van der Waals surface area (Å²) in [5, 5.41) is 3.98. The number of hydrogen-bond donors (Lipinski definition) is 2. The molecule has 2 heterocycles. The van der Waals surface area contributed by atoms with E-state index in [0.717, 1.165) is 34.9 Å². The Morgan fingerprint density at radius 3 is 2.92 bits per heavy atom. The Morgan fingerprint density at radius 2 is 2.20 bits per heavy atom. The quantitative estimate of drug-likeness (QED) is 0.497. The molecular weight excluding hydrogens is 350 g/mol. The number of rotatable bonds is 8. The number of H-pyrrole nitrogens is 1. The molecule has 136 valence electrons. The fourth-order valence-electron chi connectivity index (χ4n) is 3.14. The number of imidazole rings is 1. The van der Waals surface area contributed by atoms with E-state index in [0.29, 0.717) is 6.42 Å². The van der Waals surface area contributed by atoms with Gasteiger partial charge in [0.2, 0.25) is 5.91 Å². The second-order valence-electron chi connectivity index (χ2n) is 7.00. The lowest BCUT2D eigenvalue weighted by molar-refractivity contribution is -0.122. The zero-order valence-corrected chi connectivity index (χ0v) is 16.6. The molecule has 25 heavy (non-hydrogen) atoms. The standard InChI is InChI=1S/C19H27N3OS2/c1-13(2)18(19-20-15-8-4-5-9-16(15)21-19)22-17(23)10-6-3-7-14-11-12-24-25-14/h4-5,8-9,13-14,18H,3,6-7,10-12H2,1-2H3,(H,20,21)(H,22,23)/t14?,18-/m0/s1. The molecule has 1 unspecified atom stereocenters. The van der Waals surface area contributed by atoms with Gasteiger partial charge in [-0.2, -0.15) is 0 Å². The van der Waals surface area contributed by atoms with Crippen molar-refractivity contribution >= 4 is 38.5 Å². The molecule has 1 aliphatic heterocycles. The second kappa shape index (κ2) is 8.99. The maximum atomic E-state index is 12.4. The first-order valence-corrected chi connectivity index (χ1v) is 11.5. The van der Waals surface area contributed by atoms with Gasteiger partial charge in [-0.1, -0.05) is 54.0 Å². The van der Waals surface area contributed by atoms with Gasteiger partial charge < -0.3 is 10.3 Å². The molecule has 4 nitrogen and oxygen atoms in total. The van der Waals surface area contributed by atoms with Gasteiger partial charge in [0.1, 0.15) is 5.82 Å². The fourth-order valence-corrected chi connectivity index (χ4v) is 6.17. The van der Waals surface area contributed by atoms with Crippen molar-refractivity contribution < 1.29 is 4.79 Å². The minimum absolute atomic E-state index is 0.0679. The van der Waals surface area contributed by atoms with Crippen molar-refractivity contribution in [2.45, 2.75) is 57.2 Å². The first-order chi connectivity index (χ1) is 12.1. The topological polar surface area (TPSA) is 57.8 Å². The second-order valence-corrected chi connectivity index (χ2v) is 9.79. The lowest BCUT2D eigenvalue weighted by atomic mass is 10.0. The summed E-state index contributed by atoms with van der Waals surface area (Å²) >= 11 is 0. The van der Waals surface area contributed by atoms with E-state index in [1.807, 2.05) is 45.9 Å². The monoisotopic (exact) mass is 377 g/mol. The van der Waals surface area contributed by atoms with E-state index >= 15 is 0 Å². The number of aromatic amines is 1. The first kappa shape index (κ1) is 18.6. The molecule has 1 fully saturated rings. The van der Waals surface area contributed by atoms with Crippen LogP contribution in [0.15, 0.2) is 24.3 Å². The van der Waals surface area contributed by atoms with Gasteiger partial charge in [0.25, 0.3) is 0 Å². The summed E-state index contributed by atoms with van der Waals surface area (Å²) in [6.07, 6.45) is 5.28. The van der Waals surface area contributed by atoms with Crippen LogP contribution in [0.2, 0.25) is 0 Å². The van der Waals surface area contributed by atoms with E-state index in [1.165, 1.54) is 18.6 Å². The van der Waals surface area contributed by atoms with Crippen molar-refractivity contribution in [3.05, 3.63) is 30.1 Å². The molecule has 0 aliphatic carbocycles. The SMILES string of the molecule is CC(C)[C@H](NC(=O)CCCCC1CCSS1)c1nc2ccccc2[nH]1. The highest BCUT2D eigenvalue weighted by molar-refractivity contribution is 8.77. The largest absolute Gasteiger partial charge is 0.346 e. The summed E-state index contributed by atoms with van der Waals surface area (Å²) in [5.41, 5.74) is 1.97. The highest BCUT2D eigenvalue weighted by atomic mass is 33.1. The molecule has 2 N–H and O–H groups in total. The molecule has 1 aromatic carbocycles. The highest BCUT2D eigenvalue weighted by Gasteiger charge is 2.22. The van der Waals surface area contributed by atoms with E-state index in [2.05, 4.69) is 29.1 Å². The van der Waals surface area contributed by atoms with Gasteiger partial charge in [0, 0.05) is 17.4 Å². The predicted molar refractivity (Wildman–Crippen MR) is 109 cm³/mol. The number of nitrogens with one attached hydrogen (secondary N) is 2. The molecule has 0 radical (unpaired) electrons. The van der Waals surface area contributed by atoms with E-state index < -0.39 is 0 Å². The average molecular weight is 378 g/mol. The van der Waals surface area contributed by atoms with E-state index in [-0.39, 0.29) is 17.9 Å². The number of para-hydroxylation sites is 2. The van der Waals surface area contributed by atoms with Gasteiger partial charge in [0.05, 0.1) is 17.1 Å². The number of hydrogen-bond acceptors (Lipinski definition) is 4. The van der Waals surface area contributed by atoms with Crippen LogP contribution in [0.3, 0.4) is 0 Å². The highest BCUT2D eigenvalue weighted by Crippen LogP contribution is 2.39. The molecule has 3 rings (SSSR count). The zero-order valence-electron chi connectivity index (χ0n) is 15.0. The number of benzene rings is 1. The molecule has 1 aliphatic rings. The van der Waals surface area contributed by atoms with E-state index in [9.17, 15) is 4.79 Å². The Kier molecular flexibility index (Phi) is 6.70. The summed E-state index contributed by atoms with van der Waals surface area (Å²) in [7, 11) is 4.00. The van der Waals surface area contributed by atoms with Crippen LogP contribution in [0.25, 0.3) is 11.0 Å². The number of unbranched alkanes of at least 4 members (excludes halogenated alkanes) is 1. The zero-order chi connectivity index (χ0) is 17.6. The Morgan fingerprint density at radius 1 is 1.36 bits per heavy atom. The van der Waals surface area contributed by atoms with E-state index in [4.69, 9.17) is 0 Å². The van der Waals surface area contributed by atoms with Crippen LogP contribution in [-0.2, 0) is 4.79 Å². The van der Waals surface area contributed by atoms with Crippen LogP contribution in [0.1, 0.15) is 57.8 Å². The minimum Gasteiger partial charge on any atom is -0.346 e. The van der Waals surface area contributed by atoms with Crippen molar-refractivity contribution in [2.24, 2.45) is 5.92 Å². The number of nitrogens with zero attached hydrogens (tertiary/aromatic N) is 1. The maximum Gasteiger partial charge on any atom is 0.220 e. The van der Waals surface area contributed by atoms with Crippen molar-refractivity contribution in [1.82, 2.24) is 15.3 Å².